The molecule has 4 rings (SSSR count). The van der Waals surface area contributed by atoms with Crippen molar-refractivity contribution >= 4 is 15.8 Å². The van der Waals surface area contributed by atoms with Gasteiger partial charge >= 0.3 is 6.18 Å². The van der Waals surface area contributed by atoms with Gasteiger partial charge in [0.25, 0.3) is 0 Å². The molecule has 13 heteroatoms. The normalized spacial score (nSPS) is 20.2. The molecule has 0 radical (unpaired) electrons. The summed E-state index contributed by atoms with van der Waals surface area (Å²) in [7, 11) is -2.94. The minimum absolute atomic E-state index is 0.0425. The van der Waals surface area contributed by atoms with Crippen LogP contribution in [0.25, 0.3) is 11.1 Å². The molecule has 1 fully saturated rings. The number of halogens is 5. The van der Waals surface area contributed by atoms with Gasteiger partial charge in [0.05, 0.1) is 23.7 Å². The number of ether oxygens (including phenoxy) is 1. The minimum atomic E-state index is -4.60. The number of sulfonamides is 1. The number of pyridine rings is 2. The van der Waals surface area contributed by atoms with Gasteiger partial charge in [0.1, 0.15) is 23.4 Å². The van der Waals surface area contributed by atoms with E-state index in [-0.39, 0.29) is 29.9 Å². The predicted octanol–water partition coefficient (Wildman–Crippen LogP) is 5.00. The fraction of sp³-hybridized carbons (Fsp3) is 0.346. The number of hydrogen-bond donors (Lipinski definition) is 0. The molecule has 1 saturated heterocycles. The van der Waals surface area contributed by atoms with Crippen molar-refractivity contribution in [1.82, 2.24) is 14.3 Å². The van der Waals surface area contributed by atoms with Crippen molar-refractivity contribution in [3.05, 3.63) is 72.1 Å². The van der Waals surface area contributed by atoms with Crippen LogP contribution in [-0.4, -0.2) is 53.8 Å². The molecule has 0 bridgehead atoms. The first-order valence-corrected chi connectivity index (χ1v) is 13.2. The summed E-state index contributed by atoms with van der Waals surface area (Å²) in [6.07, 6.45) is -4.26. The highest BCUT2D eigenvalue weighted by Crippen LogP contribution is 2.38. The number of ketones is 1. The largest absolute Gasteiger partial charge is 0.494 e. The van der Waals surface area contributed by atoms with E-state index in [9.17, 15) is 35.2 Å². The Morgan fingerprint density at radius 3 is 2.41 bits per heavy atom. The third-order valence-corrected chi connectivity index (χ3v) is 8.65. The summed E-state index contributed by atoms with van der Waals surface area (Å²) < 4.78 is 99.1. The molecular formula is C26H24F5N3O4S. The Morgan fingerprint density at radius 2 is 1.82 bits per heavy atom. The number of rotatable bonds is 8. The number of alkyl halides is 4. The van der Waals surface area contributed by atoms with E-state index < -0.39 is 51.7 Å². The Morgan fingerprint density at radius 1 is 1.13 bits per heavy atom. The van der Waals surface area contributed by atoms with Gasteiger partial charge in [-0.3, -0.25) is 14.8 Å². The summed E-state index contributed by atoms with van der Waals surface area (Å²) in [6, 6.07) is 7.66. The topological polar surface area (TPSA) is 89.5 Å². The van der Waals surface area contributed by atoms with Crippen LogP contribution in [0.5, 0.6) is 5.75 Å². The lowest BCUT2D eigenvalue weighted by atomic mass is 9.90. The lowest BCUT2D eigenvalue weighted by Gasteiger charge is -2.32. The Hall–Kier alpha value is -3.45. The highest BCUT2D eigenvalue weighted by Gasteiger charge is 2.52. The predicted molar refractivity (Wildman–Crippen MR) is 131 cm³/mol. The number of aromatic nitrogens is 2. The first-order valence-electron chi connectivity index (χ1n) is 11.8. The summed E-state index contributed by atoms with van der Waals surface area (Å²) in [5.74, 6) is -0.911. The summed E-state index contributed by atoms with van der Waals surface area (Å²) >= 11 is 0. The third-order valence-electron chi connectivity index (χ3n) is 6.65. The molecule has 7 nitrogen and oxygen atoms in total. The van der Waals surface area contributed by atoms with Crippen molar-refractivity contribution in [3.8, 4) is 16.9 Å². The first-order chi connectivity index (χ1) is 18.3. The maximum atomic E-state index is 14.5. The van der Waals surface area contributed by atoms with Crippen molar-refractivity contribution in [2.24, 2.45) is 0 Å². The fourth-order valence-electron chi connectivity index (χ4n) is 4.57. The molecule has 0 unspecified atom stereocenters. The van der Waals surface area contributed by atoms with Crippen LogP contribution < -0.4 is 4.74 Å². The number of carbonyl (C=O) groups excluding carboxylic acids is 1. The van der Waals surface area contributed by atoms with Gasteiger partial charge in [-0.1, -0.05) is 6.07 Å². The molecular weight excluding hydrogens is 545 g/mol. The van der Waals surface area contributed by atoms with Gasteiger partial charge in [-0.05, 0) is 49.7 Å². The zero-order valence-corrected chi connectivity index (χ0v) is 21.7. The quantitative estimate of drug-likeness (QED) is 0.355. The Bertz CT molecular complexity index is 1460. The number of Topliss-reactive ketones (excluding diaryl/α,β-unsaturated/α-hetero) is 1. The van der Waals surface area contributed by atoms with Gasteiger partial charge in [-0.2, -0.15) is 17.5 Å². The summed E-state index contributed by atoms with van der Waals surface area (Å²) in [6.45, 7) is 0.838. The average molecular weight is 570 g/mol. The number of nitrogens with zero attached hydrogens (tertiary/aromatic N) is 3. The zero-order valence-electron chi connectivity index (χ0n) is 20.9. The second-order valence-electron chi connectivity index (χ2n) is 9.29. The summed E-state index contributed by atoms with van der Waals surface area (Å²) in [5, 5.41) is 0. The van der Waals surface area contributed by atoms with Crippen LogP contribution in [0.1, 0.15) is 31.2 Å². The van der Waals surface area contributed by atoms with Crippen molar-refractivity contribution in [2.45, 2.75) is 49.0 Å². The van der Waals surface area contributed by atoms with E-state index in [4.69, 9.17) is 4.74 Å². The molecule has 0 saturated carbocycles. The van der Waals surface area contributed by atoms with E-state index in [0.29, 0.717) is 16.8 Å². The van der Waals surface area contributed by atoms with Crippen molar-refractivity contribution in [3.63, 3.8) is 0 Å². The summed E-state index contributed by atoms with van der Waals surface area (Å²) in [4.78, 5) is 20.8. The van der Waals surface area contributed by atoms with E-state index in [1.165, 1.54) is 26.3 Å². The molecule has 3 heterocycles. The SMILES string of the molecule is COc1cnc(CCC(=O)[C@@]2(C)C[C@@H](F)CN2S(=O)(=O)c2ccc(F)cc2)cc1-c1ccc(C(F)(F)F)nc1. The van der Waals surface area contributed by atoms with Crippen molar-refractivity contribution in [1.29, 1.82) is 0 Å². The highest BCUT2D eigenvalue weighted by atomic mass is 32.2. The van der Waals surface area contributed by atoms with Crippen LogP contribution in [-0.2, 0) is 27.4 Å². The Labute approximate surface area is 221 Å². The standard InChI is InChI=1S/C26H24F5N3O4S/c1-25(12-18(28)15-34(25)39(36,37)20-7-4-17(27)5-8-20)24(35)10-6-19-11-21(22(38-2)14-32-19)16-3-9-23(33-13-16)26(29,30)31/h3-5,7-9,11,13-14,18H,6,10,12,15H2,1-2H3/t18-,25-/m1/s1. The second-order valence-corrected chi connectivity index (χ2v) is 11.2. The maximum Gasteiger partial charge on any atom is 0.433 e. The van der Waals surface area contributed by atoms with Gasteiger partial charge < -0.3 is 4.74 Å². The average Bonchev–Trinajstić information content (AvgIpc) is 3.22. The van der Waals surface area contributed by atoms with Crippen molar-refractivity contribution in [2.75, 3.05) is 13.7 Å². The third kappa shape index (κ3) is 5.78. The van der Waals surface area contributed by atoms with Crippen LogP contribution in [0.3, 0.4) is 0 Å². The van der Waals surface area contributed by atoms with E-state index in [1.54, 1.807) is 6.07 Å². The van der Waals surface area contributed by atoms with E-state index in [2.05, 4.69) is 9.97 Å². The molecule has 39 heavy (non-hydrogen) atoms. The second kappa shape index (κ2) is 10.6. The van der Waals surface area contributed by atoms with Crippen molar-refractivity contribution < 1.29 is 39.9 Å². The first kappa shape index (κ1) is 28.6. The molecule has 208 valence electrons. The lowest BCUT2D eigenvalue weighted by molar-refractivity contribution is -0.141. The van der Waals surface area contributed by atoms with Crippen LogP contribution in [0.15, 0.2) is 59.8 Å². The molecule has 1 aromatic carbocycles. The molecule has 3 aromatic rings. The molecule has 1 aliphatic heterocycles. The van der Waals surface area contributed by atoms with Gasteiger partial charge in [0.2, 0.25) is 10.0 Å². The van der Waals surface area contributed by atoms with Gasteiger partial charge in [-0.25, -0.2) is 17.2 Å². The lowest BCUT2D eigenvalue weighted by Crippen LogP contribution is -2.50. The van der Waals surface area contributed by atoms with Gasteiger partial charge in [0, 0.05) is 42.4 Å². The van der Waals surface area contributed by atoms with Crippen LogP contribution >= 0.6 is 0 Å². The number of aryl methyl sites for hydroxylation is 1. The van der Waals surface area contributed by atoms with Crippen LogP contribution in [0.2, 0.25) is 0 Å². The van der Waals surface area contributed by atoms with Crippen LogP contribution in [0, 0.1) is 5.82 Å². The number of hydrogen-bond acceptors (Lipinski definition) is 6. The molecule has 1 aliphatic rings. The number of methoxy groups -OCH3 is 1. The smallest absolute Gasteiger partial charge is 0.433 e. The number of benzene rings is 1. The maximum absolute atomic E-state index is 14.5. The van der Waals surface area contributed by atoms with Gasteiger partial charge in [0.15, 0.2) is 5.78 Å². The summed E-state index contributed by atoms with van der Waals surface area (Å²) in [5.41, 5.74) is -1.63. The zero-order chi connectivity index (χ0) is 28.6. The Balaban J connectivity index is 1.56. The fourth-order valence-corrected chi connectivity index (χ4v) is 6.37. The van der Waals surface area contributed by atoms with E-state index >= 15 is 0 Å². The molecule has 2 aromatic heterocycles. The molecule has 0 spiro atoms. The molecule has 2 atom stereocenters. The van der Waals surface area contributed by atoms with E-state index in [0.717, 1.165) is 40.8 Å². The highest BCUT2D eigenvalue weighted by molar-refractivity contribution is 7.89. The Kier molecular flexibility index (Phi) is 7.77. The molecule has 0 amide bonds. The minimum Gasteiger partial charge on any atom is -0.494 e. The van der Waals surface area contributed by atoms with Crippen LogP contribution in [0.4, 0.5) is 22.0 Å². The van der Waals surface area contributed by atoms with Gasteiger partial charge in [-0.15, -0.1) is 0 Å². The van der Waals surface area contributed by atoms with E-state index in [1.807, 2.05) is 0 Å². The molecule has 0 N–H and O–H groups in total. The number of carbonyl (C=O) groups is 1. The molecule has 0 aliphatic carbocycles. The monoisotopic (exact) mass is 569 g/mol.